The van der Waals surface area contributed by atoms with E-state index in [1.54, 1.807) is 0 Å². The Balaban J connectivity index is 0.00000289. The summed E-state index contributed by atoms with van der Waals surface area (Å²) in [6.07, 6.45) is 0.705. The summed E-state index contributed by atoms with van der Waals surface area (Å²) in [6.45, 7) is 8.19. The Hall–Kier alpha value is -1.06. The lowest BCUT2D eigenvalue weighted by molar-refractivity contribution is -0.117. The maximum Gasteiger partial charge on any atom is 0.241 e. The fraction of sp³-hybridized carbons (Fsp3) is 0.500. The minimum absolute atomic E-state index is 0. The molecule has 0 unspecified atom stereocenters. The van der Waals surface area contributed by atoms with Crippen LogP contribution in [0.3, 0.4) is 0 Å². The van der Waals surface area contributed by atoms with Crippen molar-refractivity contribution in [2.45, 2.75) is 40.2 Å². The number of hydrogen-bond acceptors (Lipinski definition) is 2. The predicted molar refractivity (Wildman–Crippen MR) is 79.2 cm³/mol. The third-order valence-corrected chi connectivity index (χ3v) is 2.84. The van der Waals surface area contributed by atoms with Gasteiger partial charge >= 0.3 is 0 Å². The molecule has 18 heavy (non-hydrogen) atoms. The Morgan fingerprint density at radius 3 is 2.39 bits per heavy atom. The number of benzene rings is 1. The standard InChI is InChI=1S/C14H22N2O.ClH/c1-9(2)7-13(15)14(17)16-12-6-5-10(3)11(4)8-12;/h5-6,8-9,13H,7,15H2,1-4H3,(H,16,17);1H/t13-;/m0./s1. The molecule has 0 spiro atoms. The highest BCUT2D eigenvalue weighted by Crippen LogP contribution is 2.14. The van der Waals surface area contributed by atoms with Crippen LogP contribution < -0.4 is 11.1 Å². The largest absolute Gasteiger partial charge is 0.325 e. The first-order chi connectivity index (χ1) is 7.90. The van der Waals surface area contributed by atoms with E-state index in [1.807, 2.05) is 32.0 Å². The maximum atomic E-state index is 11.8. The molecule has 0 saturated heterocycles. The summed E-state index contributed by atoms with van der Waals surface area (Å²) in [4.78, 5) is 11.8. The van der Waals surface area contributed by atoms with E-state index >= 15 is 0 Å². The second-order valence-electron chi connectivity index (χ2n) is 5.02. The smallest absolute Gasteiger partial charge is 0.241 e. The number of anilines is 1. The summed E-state index contributed by atoms with van der Waals surface area (Å²) >= 11 is 0. The van der Waals surface area contributed by atoms with E-state index in [1.165, 1.54) is 11.1 Å². The molecule has 0 aliphatic rings. The van der Waals surface area contributed by atoms with Gasteiger partial charge in [-0.15, -0.1) is 12.4 Å². The van der Waals surface area contributed by atoms with E-state index in [4.69, 9.17) is 5.73 Å². The van der Waals surface area contributed by atoms with Crippen molar-refractivity contribution in [1.82, 2.24) is 0 Å². The van der Waals surface area contributed by atoms with Gasteiger partial charge in [0.05, 0.1) is 6.04 Å². The average molecular weight is 271 g/mol. The number of amides is 1. The molecule has 1 rings (SSSR count). The van der Waals surface area contributed by atoms with E-state index in [2.05, 4.69) is 19.2 Å². The molecule has 3 N–H and O–H groups in total. The number of carbonyl (C=O) groups excluding carboxylic acids is 1. The molecule has 0 saturated carbocycles. The Bertz CT molecular complexity index is 405. The zero-order chi connectivity index (χ0) is 13.0. The molecule has 1 aromatic rings. The van der Waals surface area contributed by atoms with Crippen molar-refractivity contribution in [3.63, 3.8) is 0 Å². The van der Waals surface area contributed by atoms with Crippen molar-refractivity contribution >= 4 is 24.0 Å². The molecule has 0 aromatic heterocycles. The fourth-order valence-corrected chi connectivity index (χ4v) is 1.67. The van der Waals surface area contributed by atoms with Gasteiger partial charge in [0, 0.05) is 5.69 Å². The van der Waals surface area contributed by atoms with Crippen molar-refractivity contribution in [3.8, 4) is 0 Å². The van der Waals surface area contributed by atoms with Crippen LogP contribution >= 0.6 is 12.4 Å². The number of nitrogens with two attached hydrogens (primary N) is 1. The molecular formula is C14H23ClN2O. The zero-order valence-corrected chi connectivity index (χ0v) is 12.3. The van der Waals surface area contributed by atoms with Crippen LogP contribution in [0.2, 0.25) is 0 Å². The van der Waals surface area contributed by atoms with Crippen LogP contribution in [0.15, 0.2) is 18.2 Å². The molecule has 4 heteroatoms. The van der Waals surface area contributed by atoms with Gasteiger partial charge in [-0.25, -0.2) is 0 Å². The third-order valence-electron chi connectivity index (χ3n) is 2.84. The number of hydrogen-bond donors (Lipinski definition) is 2. The van der Waals surface area contributed by atoms with Crippen molar-refractivity contribution in [3.05, 3.63) is 29.3 Å². The van der Waals surface area contributed by atoms with Gasteiger partial charge in [0.25, 0.3) is 0 Å². The fourth-order valence-electron chi connectivity index (χ4n) is 1.67. The molecular weight excluding hydrogens is 248 g/mol. The van der Waals surface area contributed by atoms with Gasteiger partial charge in [0.2, 0.25) is 5.91 Å². The summed E-state index contributed by atoms with van der Waals surface area (Å²) in [5.41, 5.74) is 9.02. The molecule has 0 fully saturated rings. The Kier molecular flexibility index (Phi) is 6.96. The molecule has 0 aliphatic carbocycles. The number of nitrogens with one attached hydrogen (secondary N) is 1. The minimum atomic E-state index is -0.434. The van der Waals surface area contributed by atoms with Crippen molar-refractivity contribution in [2.24, 2.45) is 11.7 Å². The lowest BCUT2D eigenvalue weighted by Gasteiger charge is -2.14. The van der Waals surface area contributed by atoms with Crippen molar-refractivity contribution in [1.29, 1.82) is 0 Å². The van der Waals surface area contributed by atoms with Crippen molar-refractivity contribution in [2.75, 3.05) is 5.32 Å². The summed E-state index contributed by atoms with van der Waals surface area (Å²) in [7, 11) is 0. The lowest BCUT2D eigenvalue weighted by atomic mass is 10.0. The van der Waals surface area contributed by atoms with Crippen LogP contribution in [0.25, 0.3) is 0 Å². The van der Waals surface area contributed by atoms with E-state index < -0.39 is 6.04 Å². The van der Waals surface area contributed by atoms with Crippen LogP contribution in [0, 0.1) is 19.8 Å². The van der Waals surface area contributed by atoms with Gasteiger partial charge in [-0.3, -0.25) is 4.79 Å². The predicted octanol–water partition coefficient (Wildman–Crippen LogP) is 3.04. The van der Waals surface area contributed by atoms with Gasteiger partial charge in [0.1, 0.15) is 0 Å². The SMILES string of the molecule is Cc1ccc(NC(=O)[C@@H](N)CC(C)C)cc1C.Cl. The van der Waals surface area contributed by atoms with Gasteiger partial charge in [-0.1, -0.05) is 19.9 Å². The molecule has 0 radical (unpaired) electrons. The summed E-state index contributed by atoms with van der Waals surface area (Å²) in [5, 5.41) is 2.85. The highest BCUT2D eigenvalue weighted by molar-refractivity contribution is 5.94. The molecule has 0 heterocycles. The first kappa shape index (κ1) is 16.9. The molecule has 1 amide bonds. The zero-order valence-electron chi connectivity index (χ0n) is 11.5. The molecule has 1 aromatic carbocycles. The van der Waals surface area contributed by atoms with Gasteiger partial charge in [-0.05, 0) is 49.4 Å². The summed E-state index contributed by atoms with van der Waals surface area (Å²) in [6, 6.07) is 5.44. The molecule has 102 valence electrons. The topological polar surface area (TPSA) is 55.1 Å². The van der Waals surface area contributed by atoms with Crippen LogP contribution in [0.4, 0.5) is 5.69 Å². The second kappa shape index (κ2) is 7.39. The summed E-state index contributed by atoms with van der Waals surface area (Å²) in [5.74, 6) is 0.317. The van der Waals surface area contributed by atoms with Crippen LogP contribution in [-0.4, -0.2) is 11.9 Å². The molecule has 1 atom stereocenters. The Morgan fingerprint density at radius 2 is 1.89 bits per heavy atom. The van der Waals surface area contributed by atoms with Crippen molar-refractivity contribution < 1.29 is 4.79 Å². The Labute approximate surface area is 116 Å². The van der Waals surface area contributed by atoms with Gasteiger partial charge in [-0.2, -0.15) is 0 Å². The second-order valence-corrected chi connectivity index (χ2v) is 5.02. The van der Waals surface area contributed by atoms with Crippen LogP contribution in [0.1, 0.15) is 31.4 Å². The van der Waals surface area contributed by atoms with E-state index in [0.29, 0.717) is 12.3 Å². The Morgan fingerprint density at radius 1 is 1.28 bits per heavy atom. The highest BCUT2D eigenvalue weighted by Gasteiger charge is 2.14. The quantitative estimate of drug-likeness (QED) is 0.884. The van der Waals surface area contributed by atoms with Crippen LogP contribution in [0.5, 0.6) is 0 Å². The van der Waals surface area contributed by atoms with E-state index in [0.717, 1.165) is 5.69 Å². The first-order valence-corrected chi connectivity index (χ1v) is 6.04. The van der Waals surface area contributed by atoms with Crippen LogP contribution in [-0.2, 0) is 4.79 Å². The lowest BCUT2D eigenvalue weighted by Crippen LogP contribution is -2.36. The van der Waals surface area contributed by atoms with E-state index in [-0.39, 0.29) is 18.3 Å². The minimum Gasteiger partial charge on any atom is -0.325 e. The molecule has 3 nitrogen and oxygen atoms in total. The number of aryl methyl sites for hydroxylation is 2. The maximum absolute atomic E-state index is 11.8. The van der Waals surface area contributed by atoms with Gasteiger partial charge in [0.15, 0.2) is 0 Å². The number of rotatable bonds is 4. The normalized spacial score (nSPS) is 11.9. The monoisotopic (exact) mass is 270 g/mol. The molecule has 0 aliphatic heterocycles. The number of carbonyl (C=O) groups is 1. The first-order valence-electron chi connectivity index (χ1n) is 6.04. The molecule has 0 bridgehead atoms. The van der Waals surface area contributed by atoms with Gasteiger partial charge < -0.3 is 11.1 Å². The van der Waals surface area contributed by atoms with E-state index in [9.17, 15) is 4.79 Å². The highest BCUT2D eigenvalue weighted by atomic mass is 35.5. The summed E-state index contributed by atoms with van der Waals surface area (Å²) < 4.78 is 0. The average Bonchev–Trinajstić information content (AvgIpc) is 2.22. The third kappa shape index (κ3) is 5.07. The number of halogens is 1.